The fourth-order valence-electron chi connectivity index (χ4n) is 3.25. The lowest BCUT2D eigenvalue weighted by atomic mass is 9.87. The minimum absolute atomic E-state index is 0.0742. The number of aryl methyl sites for hydroxylation is 1. The Balaban J connectivity index is 1.69. The van der Waals surface area contributed by atoms with E-state index in [9.17, 15) is 9.59 Å². The van der Waals surface area contributed by atoms with E-state index >= 15 is 0 Å². The number of benzene rings is 2. The molecule has 0 bridgehead atoms. The second-order valence-electron chi connectivity index (χ2n) is 8.23. The van der Waals surface area contributed by atoms with Gasteiger partial charge in [-0.25, -0.2) is 9.78 Å². The molecule has 0 aliphatic rings. The number of aromatic nitrogens is 2. The Hall–Kier alpha value is -2.80. The number of hydrogen-bond donors (Lipinski definition) is 1. The van der Waals surface area contributed by atoms with Gasteiger partial charge in [-0.05, 0) is 55.2 Å². The van der Waals surface area contributed by atoms with Gasteiger partial charge >= 0.3 is 5.97 Å². The highest BCUT2D eigenvalue weighted by atomic mass is 32.2. The number of nitrogens with zero attached hydrogens (tertiary/aromatic N) is 2. The molecule has 7 heteroatoms. The zero-order chi connectivity index (χ0) is 22.6. The third-order valence-corrected chi connectivity index (χ3v) is 5.88. The number of nitrogens with one attached hydrogen (secondary N) is 1. The van der Waals surface area contributed by atoms with E-state index in [-0.39, 0.29) is 23.0 Å². The summed E-state index contributed by atoms with van der Waals surface area (Å²) in [5, 5.41) is 3.69. The first kappa shape index (κ1) is 22.9. The Morgan fingerprint density at radius 1 is 1.10 bits per heavy atom. The van der Waals surface area contributed by atoms with Crippen molar-refractivity contribution in [2.24, 2.45) is 0 Å². The van der Waals surface area contributed by atoms with Gasteiger partial charge in [-0.2, -0.15) is 0 Å². The van der Waals surface area contributed by atoms with E-state index in [1.165, 1.54) is 17.3 Å². The molecule has 0 spiro atoms. The van der Waals surface area contributed by atoms with E-state index in [0.717, 1.165) is 16.4 Å². The van der Waals surface area contributed by atoms with Crippen molar-refractivity contribution in [1.82, 2.24) is 9.55 Å². The summed E-state index contributed by atoms with van der Waals surface area (Å²) in [6.45, 7) is 11.3. The summed E-state index contributed by atoms with van der Waals surface area (Å²) in [7, 11) is 0. The predicted octanol–water partition coefficient (Wildman–Crippen LogP) is 5.26. The van der Waals surface area contributed by atoms with Gasteiger partial charge in [0, 0.05) is 12.2 Å². The Bertz CT molecular complexity index is 1080. The molecule has 3 rings (SSSR count). The SMILES string of the molecule is CCOC(=O)c1ccc2c(c1)nc(SCC(=O)Nc1ccc(C(C)(C)C)cc1)n2CC. The van der Waals surface area contributed by atoms with E-state index in [2.05, 4.69) is 31.1 Å². The minimum Gasteiger partial charge on any atom is -0.462 e. The quantitative estimate of drug-likeness (QED) is 0.401. The molecule has 0 radical (unpaired) electrons. The maximum Gasteiger partial charge on any atom is 0.338 e. The third kappa shape index (κ3) is 5.47. The highest BCUT2D eigenvalue weighted by Gasteiger charge is 2.16. The zero-order valence-electron chi connectivity index (χ0n) is 18.7. The van der Waals surface area contributed by atoms with Gasteiger partial charge in [-0.1, -0.05) is 44.7 Å². The van der Waals surface area contributed by atoms with Gasteiger partial charge in [-0.3, -0.25) is 4.79 Å². The van der Waals surface area contributed by atoms with Crippen LogP contribution in [-0.4, -0.2) is 33.8 Å². The van der Waals surface area contributed by atoms with Crippen LogP contribution in [0.5, 0.6) is 0 Å². The molecule has 164 valence electrons. The fraction of sp³-hybridized carbons (Fsp3) is 0.375. The second kappa shape index (κ2) is 9.56. The van der Waals surface area contributed by atoms with Crippen LogP contribution in [0.3, 0.4) is 0 Å². The number of fused-ring (bicyclic) bond motifs is 1. The number of amides is 1. The average molecular weight is 440 g/mol. The average Bonchev–Trinajstić information content (AvgIpc) is 3.08. The minimum atomic E-state index is -0.360. The monoisotopic (exact) mass is 439 g/mol. The number of carbonyl (C=O) groups is 2. The van der Waals surface area contributed by atoms with Gasteiger partial charge in [0.15, 0.2) is 5.16 Å². The molecule has 1 aromatic heterocycles. The summed E-state index contributed by atoms with van der Waals surface area (Å²) in [6, 6.07) is 13.3. The van der Waals surface area contributed by atoms with Gasteiger partial charge in [0.25, 0.3) is 0 Å². The fourth-order valence-corrected chi connectivity index (χ4v) is 4.12. The van der Waals surface area contributed by atoms with Crippen LogP contribution in [-0.2, 0) is 21.5 Å². The number of carbonyl (C=O) groups excluding carboxylic acids is 2. The molecule has 0 saturated heterocycles. The number of thioether (sulfide) groups is 1. The lowest BCUT2D eigenvalue weighted by Gasteiger charge is -2.19. The van der Waals surface area contributed by atoms with Crippen LogP contribution in [0.4, 0.5) is 5.69 Å². The molecule has 6 nitrogen and oxygen atoms in total. The van der Waals surface area contributed by atoms with Crippen molar-refractivity contribution in [2.75, 3.05) is 17.7 Å². The summed E-state index contributed by atoms with van der Waals surface area (Å²) in [5.74, 6) is -0.202. The van der Waals surface area contributed by atoms with E-state index in [1.807, 2.05) is 41.8 Å². The lowest BCUT2D eigenvalue weighted by molar-refractivity contribution is -0.113. The molecule has 1 N–H and O–H groups in total. The number of esters is 1. The predicted molar refractivity (Wildman–Crippen MR) is 126 cm³/mol. The van der Waals surface area contributed by atoms with Crippen molar-refractivity contribution in [3.8, 4) is 0 Å². The molecule has 0 saturated carbocycles. The second-order valence-corrected chi connectivity index (χ2v) is 9.17. The maximum atomic E-state index is 12.5. The van der Waals surface area contributed by atoms with Gasteiger partial charge in [0.05, 0.1) is 29.0 Å². The summed E-state index contributed by atoms with van der Waals surface area (Å²) in [5.41, 5.74) is 4.19. The highest BCUT2D eigenvalue weighted by molar-refractivity contribution is 7.99. The number of hydrogen-bond acceptors (Lipinski definition) is 5. The van der Waals surface area contributed by atoms with E-state index in [0.29, 0.717) is 24.2 Å². The first-order valence-corrected chi connectivity index (χ1v) is 11.4. The zero-order valence-corrected chi connectivity index (χ0v) is 19.5. The molecular weight excluding hydrogens is 410 g/mol. The van der Waals surface area contributed by atoms with Crippen molar-refractivity contribution in [1.29, 1.82) is 0 Å². The molecular formula is C24H29N3O3S. The van der Waals surface area contributed by atoms with Crippen molar-refractivity contribution in [2.45, 2.75) is 51.7 Å². The largest absolute Gasteiger partial charge is 0.462 e. The van der Waals surface area contributed by atoms with E-state index in [1.54, 1.807) is 19.1 Å². The molecule has 2 aromatic carbocycles. The van der Waals surface area contributed by atoms with Crippen LogP contribution in [0.2, 0.25) is 0 Å². The number of ether oxygens (including phenoxy) is 1. The van der Waals surface area contributed by atoms with Crippen molar-refractivity contribution in [3.63, 3.8) is 0 Å². The van der Waals surface area contributed by atoms with Gasteiger partial charge in [0.2, 0.25) is 5.91 Å². The Morgan fingerprint density at radius 3 is 2.42 bits per heavy atom. The van der Waals surface area contributed by atoms with Crippen LogP contribution < -0.4 is 5.32 Å². The molecule has 3 aromatic rings. The maximum absolute atomic E-state index is 12.5. The van der Waals surface area contributed by atoms with Crippen LogP contribution in [0, 0.1) is 0 Å². The normalized spacial score (nSPS) is 11.5. The molecule has 0 unspecified atom stereocenters. The molecule has 0 aliphatic carbocycles. The first-order valence-electron chi connectivity index (χ1n) is 10.4. The van der Waals surface area contributed by atoms with Crippen molar-refractivity contribution >= 4 is 40.4 Å². The summed E-state index contributed by atoms with van der Waals surface area (Å²) < 4.78 is 7.11. The van der Waals surface area contributed by atoms with E-state index in [4.69, 9.17) is 4.74 Å². The molecule has 0 fully saturated rings. The standard InChI is InChI=1S/C24H29N3O3S/c1-6-27-20-13-8-16(22(29)30-7-2)14-19(20)26-23(27)31-15-21(28)25-18-11-9-17(10-12-18)24(3,4)5/h8-14H,6-7,15H2,1-5H3,(H,25,28). The lowest BCUT2D eigenvalue weighted by Crippen LogP contribution is -2.15. The molecule has 1 heterocycles. The van der Waals surface area contributed by atoms with Crippen LogP contribution >= 0.6 is 11.8 Å². The van der Waals surface area contributed by atoms with Crippen LogP contribution in [0.1, 0.15) is 50.5 Å². The Kier molecular flexibility index (Phi) is 7.05. The van der Waals surface area contributed by atoms with Crippen LogP contribution in [0.25, 0.3) is 11.0 Å². The topological polar surface area (TPSA) is 73.2 Å². The van der Waals surface area contributed by atoms with Gasteiger partial charge in [-0.15, -0.1) is 0 Å². The number of anilines is 1. The summed E-state index contributed by atoms with van der Waals surface area (Å²) >= 11 is 1.38. The number of rotatable bonds is 7. The first-order chi connectivity index (χ1) is 14.7. The van der Waals surface area contributed by atoms with Crippen molar-refractivity contribution in [3.05, 3.63) is 53.6 Å². The van der Waals surface area contributed by atoms with Gasteiger partial charge < -0.3 is 14.6 Å². The summed E-state index contributed by atoms with van der Waals surface area (Å²) in [6.07, 6.45) is 0. The van der Waals surface area contributed by atoms with Crippen molar-refractivity contribution < 1.29 is 14.3 Å². The number of imidazole rings is 1. The molecule has 1 amide bonds. The van der Waals surface area contributed by atoms with E-state index < -0.39 is 0 Å². The Labute approximate surface area is 187 Å². The van der Waals surface area contributed by atoms with Gasteiger partial charge in [0.1, 0.15) is 0 Å². The Morgan fingerprint density at radius 2 is 1.81 bits per heavy atom. The van der Waals surface area contributed by atoms with Crippen LogP contribution in [0.15, 0.2) is 47.6 Å². The smallest absolute Gasteiger partial charge is 0.338 e. The highest BCUT2D eigenvalue weighted by Crippen LogP contribution is 2.26. The summed E-state index contributed by atoms with van der Waals surface area (Å²) in [4.78, 5) is 29.1. The molecule has 31 heavy (non-hydrogen) atoms. The molecule has 0 aliphatic heterocycles. The molecule has 0 atom stereocenters. The third-order valence-electron chi connectivity index (χ3n) is 4.91.